The summed E-state index contributed by atoms with van der Waals surface area (Å²) in [4.78, 5) is 19.3. The summed E-state index contributed by atoms with van der Waals surface area (Å²) in [6, 6.07) is -0.00296. The molecule has 2 atom stereocenters. The number of nitrogens with zero attached hydrogens (tertiary/aromatic N) is 3. The SMILES string of the molecule is C[C@H](O)CN1CCN([C@H](C)C(=O)N2CCCCCC2)CC1. The van der Waals surface area contributed by atoms with Crippen molar-refractivity contribution >= 4 is 5.91 Å². The molecule has 1 amide bonds. The lowest BCUT2D eigenvalue weighted by atomic mass is 10.2. The number of rotatable bonds is 4. The molecule has 0 bridgehead atoms. The van der Waals surface area contributed by atoms with Gasteiger partial charge in [-0.3, -0.25) is 14.6 Å². The molecule has 21 heavy (non-hydrogen) atoms. The number of hydrogen-bond donors (Lipinski definition) is 1. The molecule has 0 radical (unpaired) electrons. The van der Waals surface area contributed by atoms with Crippen molar-refractivity contribution in [1.82, 2.24) is 14.7 Å². The highest BCUT2D eigenvalue weighted by Gasteiger charge is 2.29. The third-order valence-electron chi connectivity index (χ3n) is 4.75. The Hall–Kier alpha value is -0.650. The molecule has 0 unspecified atom stereocenters. The molecule has 0 aromatic heterocycles. The van der Waals surface area contributed by atoms with Gasteiger partial charge in [0.15, 0.2) is 0 Å². The molecule has 5 nitrogen and oxygen atoms in total. The highest BCUT2D eigenvalue weighted by Crippen LogP contribution is 2.14. The maximum Gasteiger partial charge on any atom is 0.239 e. The topological polar surface area (TPSA) is 47.0 Å². The van der Waals surface area contributed by atoms with Crippen molar-refractivity contribution in [1.29, 1.82) is 0 Å². The predicted octanol–water partition coefficient (Wildman–Crippen LogP) is 0.776. The molecular weight excluding hydrogens is 266 g/mol. The first-order chi connectivity index (χ1) is 10.1. The van der Waals surface area contributed by atoms with Gasteiger partial charge in [0.1, 0.15) is 0 Å². The molecule has 2 heterocycles. The molecular formula is C16H31N3O2. The summed E-state index contributed by atoms with van der Waals surface area (Å²) in [6.07, 6.45) is 4.56. The van der Waals surface area contributed by atoms with Crippen molar-refractivity contribution in [3.63, 3.8) is 0 Å². The minimum atomic E-state index is -0.271. The average molecular weight is 297 g/mol. The van der Waals surface area contributed by atoms with E-state index in [9.17, 15) is 9.90 Å². The van der Waals surface area contributed by atoms with Gasteiger partial charge >= 0.3 is 0 Å². The highest BCUT2D eigenvalue weighted by atomic mass is 16.3. The van der Waals surface area contributed by atoms with E-state index in [4.69, 9.17) is 0 Å². The van der Waals surface area contributed by atoms with Gasteiger partial charge in [-0.05, 0) is 26.7 Å². The summed E-state index contributed by atoms with van der Waals surface area (Å²) < 4.78 is 0. The Labute approximate surface area is 128 Å². The summed E-state index contributed by atoms with van der Waals surface area (Å²) in [7, 11) is 0. The van der Waals surface area contributed by atoms with Crippen LogP contribution < -0.4 is 0 Å². The Morgan fingerprint density at radius 3 is 2.05 bits per heavy atom. The molecule has 0 aromatic carbocycles. The molecule has 0 spiro atoms. The van der Waals surface area contributed by atoms with Gasteiger partial charge in [0.2, 0.25) is 5.91 Å². The lowest BCUT2D eigenvalue weighted by Crippen LogP contribution is -2.55. The van der Waals surface area contributed by atoms with Gasteiger partial charge in [-0.2, -0.15) is 0 Å². The molecule has 0 aliphatic carbocycles. The number of piperazine rings is 1. The zero-order valence-electron chi connectivity index (χ0n) is 13.6. The van der Waals surface area contributed by atoms with Crippen LogP contribution in [0, 0.1) is 0 Å². The van der Waals surface area contributed by atoms with Crippen LogP contribution in [0.3, 0.4) is 0 Å². The van der Waals surface area contributed by atoms with E-state index in [0.29, 0.717) is 5.91 Å². The Morgan fingerprint density at radius 1 is 0.952 bits per heavy atom. The summed E-state index contributed by atoms with van der Waals surface area (Å²) >= 11 is 0. The van der Waals surface area contributed by atoms with Crippen LogP contribution in [0.15, 0.2) is 0 Å². The summed E-state index contributed by atoms with van der Waals surface area (Å²) in [5.74, 6) is 0.306. The molecule has 1 N–H and O–H groups in total. The number of hydrogen-bond acceptors (Lipinski definition) is 4. The van der Waals surface area contributed by atoms with Gasteiger partial charge in [0.25, 0.3) is 0 Å². The van der Waals surface area contributed by atoms with Crippen molar-refractivity contribution in [2.24, 2.45) is 0 Å². The number of carbonyl (C=O) groups excluding carboxylic acids is 1. The normalized spacial score (nSPS) is 25.4. The number of aliphatic hydroxyl groups excluding tert-OH is 1. The molecule has 2 saturated heterocycles. The van der Waals surface area contributed by atoms with Crippen LogP contribution >= 0.6 is 0 Å². The van der Waals surface area contributed by atoms with Crippen LogP contribution in [0.5, 0.6) is 0 Å². The lowest BCUT2D eigenvalue weighted by Gasteiger charge is -2.39. The summed E-state index contributed by atoms with van der Waals surface area (Å²) in [5.41, 5.74) is 0. The Balaban J connectivity index is 1.80. The van der Waals surface area contributed by atoms with Crippen molar-refractivity contribution < 1.29 is 9.90 Å². The van der Waals surface area contributed by atoms with E-state index < -0.39 is 0 Å². The largest absolute Gasteiger partial charge is 0.392 e. The van der Waals surface area contributed by atoms with Gasteiger partial charge in [-0.15, -0.1) is 0 Å². The smallest absolute Gasteiger partial charge is 0.239 e. The van der Waals surface area contributed by atoms with E-state index in [-0.39, 0.29) is 12.1 Å². The Morgan fingerprint density at radius 2 is 1.52 bits per heavy atom. The number of amides is 1. The molecule has 5 heteroatoms. The third-order valence-corrected chi connectivity index (χ3v) is 4.75. The van der Waals surface area contributed by atoms with Crippen LogP contribution in [0.4, 0.5) is 0 Å². The quantitative estimate of drug-likeness (QED) is 0.833. The molecule has 0 aromatic rings. The van der Waals surface area contributed by atoms with Crippen LogP contribution in [0.25, 0.3) is 0 Å². The highest BCUT2D eigenvalue weighted by molar-refractivity contribution is 5.81. The molecule has 2 aliphatic heterocycles. The fourth-order valence-electron chi connectivity index (χ4n) is 3.42. The summed E-state index contributed by atoms with van der Waals surface area (Å²) in [6.45, 7) is 10.2. The van der Waals surface area contributed by atoms with Crippen LogP contribution in [-0.2, 0) is 4.79 Å². The van der Waals surface area contributed by atoms with Crippen molar-refractivity contribution in [2.45, 2.75) is 51.7 Å². The van der Waals surface area contributed by atoms with E-state index in [1.165, 1.54) is 12.8 Å². The Bertz CT molecular complexity index is 319. The maximum atomic E-state index is 12.6. The first kappa shape index (κ1) is 16.7. The van der Waals surface area contributed by atoms with E-state index in [2.05, 4.69) is 21.6 Å². The van der Waals surface area contributed by atoms with Crippen molar-refractivity contribution in [2.75, 3.05) is 45.8 Å². The fourth-order valence-corrected chi connectivity index (χ4v) is 3.42. The first-order valence-corrected chi connectivity index (χ1v) is 8.51. The number of aliphatic hydroxyl groups is 1. The first-order valence-electron chi connectivity index (χ1n) is 8.51. The predicted molar refractivity (Wildman–Crippen MR) is 84.2 cm³/mol. The van der Waals surface area contributed by atoms with Crippen molar-refractivity contribution in [3.8, 4) is 0 Å². The molecule has 0 saturated carbocycles. The van der Waals surface area contributed by atoms with Crippen LogP contribution in [0.1, 0.15) is 39.5 Å². The fraction of sp³-hybridized carbons (Fsp3) is 0.938. The number of likely N-dealkylation sites (tertiary alicyclic amines) is 1. The molecule has 2 rings (SSSR count). The number of carbonyl (C=O) groups is 1. The second-order valence-electron chi connectivity index (χ2n) is 6.60. The maximum absolute atomic E-state index is 12.6. The van der Waals surface area contributed by atoms with Gasteiger partial charge in [0, 0.05) is 45.8 Å². The van der Waals surface area contributed by atoms with Gasteiger partial charge in [0.05, 0.1) is 12.1 Å². The second-order valence-corrected chi connectivity index (χ2v) is 6.60. The van der Waals surface area contributed by atoms with E-state index in [1.807, 2.05) is 6.92 Å². The number of β-amino-alcohol motifs (C(OH)–C–C–N with tert-alkyl or cyclic N) is 1. The third kappa shape index (κ3) is 4.94. The van der Waals surface area contributed by atoms with Gasteiger partial charge < -0.3 is 10.0 Å². The minimum Gasteiger partial charge on any atom is -0.392 e. The van der Waals surface area contributed by atoms with Gasteiger partial charge in [-0.25, -0.2) is 0 Å². The molecule has 122 valence electrons. The second kappa shape index (κ2) is 8.11. The lowest BCUT2D eigenvalue weighted by molar-refractivity contribution is -0.137. The van der Waals surface area contributed by atoms with E-state index in [1.54, 1.807) is 0 Å². The minimum absolute atomic E-state index is 0.00296. The van der Waals surface area contributed by atoms with Gasteiger partial charge in [-0.1, -0.05) is 12.8 Å². The monoisotopic (exact) mass is 297 g/mol. The molecule has 2 aliphatic rings. The standard InChI is InChI=1S/C16H31N3O2/c1-14(20)13-17-9-11-18(12-10-17)15(2)16(21)19-7-5-3-4-6-8-19/h14-15,20H,3-13H2,1-2H3/t14-,15+/m0/s1. The molecule has 2 fully saturated rings. The zero-order valence-corrected chi connectivity index (χ0v) is 13.6. The Kier molecular flexibility index (Phi) is 6.45. The average Bonchev–Trinajstić information content (AvgIpc) is 2.75. The zero-order chi connectivity index (χ0) is 15.2. The van der Waals surface area contributed by atoms with E-state index >= 15 is 0 Å². The van der Waals surface area contributed by atoms with Crippen LogP contribution in [-0.4, -0.2) is 83.7 Å². The van der Waals surface area contributed by atoms with Crippen molar-refractivity contribution in [3.05, 3.63) is 0 Å². The van der Waals surface area contributed by atoms with E-state index in [0.717, 1.165) is 58.7 Å². The summed E-state index contributed by atoms with van der Waals surface area (Å²) in [5, 5.41) is 9.45. The van der Waals surface area contributed by atoms with Crippen LogP contribution in [0.2, 0.25) is 0 Å².